The van der Waals surface area contributed by atoms with Crippen molar-refractivity contribution in [1.29, 1.82) is 0 Å². The molecule has 0 aromatic heterocycles. The standard InChI is InChI=1S/C13H19NO/c1-2-11-10-13(11,14)8-9-15-12-6-4-3-5-7-12/h3-7,11H,2,8-10,14H2,1H3. The quantitative estimate of drug-likeness (QED) is 0.802. The number of hydrogen-bond acceptors (Lipinski definition) is 2. The van der Waals surface area contributed by atoms with Crippen LogP contribution in [0, 0.1) is 5.92 Å². The van der Waals surface area contributed by atoms with Gasteiger partial charge in [0.15, 0.2) is 0 Å². The summed E-state index contributed by atoms with van der Waals surface area (Å²) in [5.41, 5.74) is 6.26. The zero-order valence-electron chi connectivity index (χ0n) is 9.28. The monoisotopic (exact) mass is 205 g/mol. The van der Waals surface area contributed by atoms with Crippen LogP contribution in [-0.4, -0.2) is 12.1 Å². The molecule has 0 bridgehead atoms. The lowest BCUT2D eigenvalue weighted by atomic mass is 10.1. The van der Waals surface area contributed by atoms with E-state index in [1.807, 2.05) is 30.3 Å². The van der Waals surface area contributed by atoms with Gasteiger partial charge in [0.25, 0.3) is 0 Å². The molecule has 1 aliphatic rings. The minimum Gasteiger partial charge on any atom is -0.494 e. The van der Waals surface area contributed by atoms with Crippen molar-refractivity contribution in [3.63, 3.8) is 0 Å². The lowest BCUT2D eigenvalue weighted by Gasteiger charge is -2.11. The van der Waals surface area contributed by atoms with E-state index in [4.69, 9.17) is 10.5 Å². The van der Waals surface area contributed by atoms with Crippen LogP contribution < -0.4 is 10.5 Å². The SMILES string of the molecule is CCC1CC1(N)CCOc1ccccc1. The van der Waals surface area contributed by atoms with E-state index in [1.165, 1.54) is 12.8 Å². The summed E-state index contributed by atoms with van der Waals surface area (Å²) in [6.45, 7) is 2.94. The minimum atomic E-state index is 0.0729. The molecule has 0 spiro atoms. The Kier molecular flexibility index (Phi) is 2.96. The van der Waals surface area contributed by atoms with E-state index >= 15 is 0 Å². The largest absolute Gasteiger partial charge is 0.494 e. The Morgan fingerprint density at radius 1 is 1.40 bits per heavy atom. The van der Waals surface area contributed by atoms with E-state index in [-0.39, 0.29) is 5.54 Å². The smallest absolute Gasteiger partial charge is 0.119 e. The third kappa shape index (κ3) is 2.51. The minimum absolute atomic E-state index is 0.0729. The molecule has 1 fully saturated rings. The summed E-state index contributed by atoms with van der Waals surface area (Å²) in [5.74, 6) is 1.66. The van der Waals surface area contributed by atoms with Gasteiger partial charge < -0.3 is 10.5 Å². The molecule has 2 heteroatoms. The van der Waals surface area contributed by atoms with Crippen molar-refractivity contribution in [2.24, 2.45) is 11.7 Å². The van der Waals surface area contributed by atoms with Crippen LogP contribution in [0.15, 0.2) is 30.3 Å². The fraction of sp³-hybridized carbons (Fsp3) is 0.538. The molecule has 0 aliphatic heterocycles. The average molecular weight is 205 g/mol. The number of benzene rings is 1. The Labute approximate surface area is 91.4 Å². The predicted molar refractivity (Wildman–Crippen MR) is 61.9 cm³/mol. The van der Waals surface area contributed by atoms with Crippen molar-refractivity contribution in [3.8, 4) is 5.75 Å². The van der Waals surface area contributed by atoms with Crippen molar-refractivity contribution in [1.82, 2.24) is 0 Å². The summed E-state index contributed by atoms with van der Waals surface area (Å²) < 4.78 is 5.63. The van der Waals surface area contributed by atoms with Gasteiger partial charge in [-0.2, -0.15) is 0 Å². The van der Waals surface area contributed by atoms with Crippen molar-refractivity contribution in [2.45, 2.75) is 31.7 Å². The van der Waals surface area contributed by atoms with E-state index in [0.717, 1.165) is 24.7 Å². The van der Waals surface area contributed by atoms with Crippen LogP contribution in [0.25, 0.3) is 0 Å². The highest BCUT2D eigenvalue weighted by Gasteiger charge is 2.48. The zero-order chi connectivity index (χ0) is 10.7. The van der Waals surface area contributed by atoms with E-state index in [1.54, 1.807) is 0 Å². The van der Waals surface area contributed by atoms with Gasteiger partial charge in [-0.25, -0.2) is 0 Å². The maximum Gasteiger partial charge on any atom is 0.119 e. The summed E-state index contributed by atoms with van der Waals surface area (Å²) in [6.07, 6.45) is 3.34. The summed E-state index contributed by atoms with van der Waals surface area (Å²) in [4.78, 5) is 0. The number of para-hydroxylation sites is 1. The Hall–Kier alpha value is -1.02. The lowest BCUT2D eigenvalue weighted by molar-refractivity contribution is 0.288. The fourth-order valence-corrected chi connectivity index (χ4v) is 2.13. The predicted octanol–water partition coefficient (Wildman–Crippen LogP) is 2.58. The second-order valence-electron chi connectivity index (χ2n) is 4.45. The van der Waals surface area contributed by atoms with Gasteiger partial charge >= 0.3 is 0 Å². The molecule has 1 aromatic rings. The number of hydrogen-bond donors (Lipinski definition) is 1. The molecule has 2 atom stereocenters. The normalized spacial score (nSPS) is 28.8. The first-order valence-electron chi connectivity index (χ1n) is 5.71. The van der Waals surface area contributed by atoms with Crippen LogP contribution in [0.1, 0.15) is 26.2 Å². The van der Waals surface area contributed by atoms with E-state index < -0.39 is 0 Å². The lowest BCUT2D eigenvalue weighted by Crippen LogP contribution is -2.27. The second-order valence-corrected chi connectivity index (χ2v) is 4.45. The van der Waals surface area contributed by atoms with Crippen molar-refractivity contribution in [3.05, 3.63) is 30.3 Å². The average Bonchev–Trinajstić information content (AvgIpc) is 2.91. The Balaban J connectivity index is 1.72. The first kappa shape index (κ1) is 10.5. The van der Waals surface area contributed by atoms with Crippen LogP contribution in [0.5, 0.6) is 5.75 Å². The molecule has 2 nitrogen and oxygen atoms in total. The van der Waals surface area contributed by atoms with E-state index in [0.29, 0.717) is 0 Å². The summed E-state index contributed by atoms with van der Waals surface area (Å²) in [5, 5.41) is 0. The van der Waals surface area contributed by atoms with Gasteiger partial charge in [0.1, 0.15) is 5.75 Å². The molecule has 0 amide bonds. The summed E-state index contributed by atoms with van der Waals surface area (Å²) in [7, 11) is 0. The van der Waals surface area contributed by atoms with E-state index in [2.05, 4.69) is 6.92 Å². The van der Waals surface area contributed by atoms with Crippen molar-refractivity contribution in [2.75, 3.05) is 6.61 Å². The molecule has 82 valence electrons. The number of nitrogens with two attached hydrogens (primary N) is 1. The molecule has 1 saturated carbocycles. The number of ether oxygens (including phenoxy) is 1. The topological polar surface area (TPSA) is 35.2 Å². The number of rotatable bonds is 5. The molecule has 0 radical (unpaired) electrons. The molecule has 0 heterocycles. The molecular weight excluding hydrogens is 186 g/mol. The van der Waals surface area contributed by atoms with Crippen molar-refractivity contribution < 1.29 is 4.74 Å². The zero-order valence-corrected chi connectivity index (χ0v) is 9.28. The third-order valence-electron chi connectivity index (χ3n) is 3.35. The summed E-state index contributed by atoms with van der Waals surface area (Å²) >= 11 is 0. The maximum absolute atomic E-state index is 6.19. The van der Waals surface area contributed by atoms with Gasteiger partial charge in [0, 0.05) is 5.54 Å². The first-order chi connectivity index (χ1) is 7.24. The molecule has 2 N–H and O–H groups in total. The van der Waals surface area contributed by atoms with Gasteiger partial charge in [0.2, 0.25) is 0 Å². The highest BCUT2D eigenvalue weighted by Crippen LogP contribution is 2.45. The molecule has 2 rings (SSSR count). The third-order valence-corrected chi connectivity index (χ3v) is 3.35. The van der Waals surface area contributed by atoms with Gasteiger partial charge in [-0.3, -0.25) is 0 Å². The Morgan fingerprint density at radius 3 is 2.73 bits per heavy atom. The Bertz CT molecular complexity index is 312. The second kappa shape index (κ2) is 4.23. The van der Waals surface area contributed by atoms with Crippen LogP contribution in [-0.2, 0) is 0 Å². The van der Waals surface area contributed by atoms with Crippen LogP contribution >= 0.6 is 0 Å². The van der Waals surface area contributed by atoms with Crippen LogP contribution in [0.4, 0.5) is 0 Å². The van der Waals surface area contributed by atoms with Crippen LogP contribution in [0.2, 0.25) is 0 Å². The molecule has 1 aliphatic carbocycles. The first-order valence-corrected chi connectivity index (χ1v) is 5.71. The molecule has 15 heavy (non-hydrogen) atoms. The highest BCUT2D eigenvalue weighted by atomic mass is 16.5. The Morgan fingerprint density at radius 2 is 2.13 bits per heavy atom. The van der Waals surface area contributed by atoms with E-state index in [9.17, 15) is 0 Å². The molecular formula is C13H19NO. The fourth-order valence-electron chi connectivity index (χ4n) is 2.13. The van der Waals surface area contributed by atoms with Gasteiger partial charge in [-0.1, -0.05) is 31.5 Å². The molecule has 1 aromatic carbocycles. The van der Waals surface area contributed by atoms with Gasteiger partial charge in [-0.05, 0) is 30.9 Å². The molecule has 0 saturated heterocycles. The summed E-state index contributed by atoms with van der Waals surface area (Å²) in [6, 6.07) is 9.92. The van der Waals surface area contributed by atoms with Gasteiger partial charge in [-0.15, -0.1) is 0 Å². The van der Waals surface area contributed by atoms with Crippen molar-refractivity contribution >= 4 is 0 Å². The maximum atomic E-state index is 6.19. The van der Waals surface area contributed by atoms with Crippen LogP contribution in [0.3, 0.4) is 0 Å². The molecule has 2 unspecified atom stereocenters. The highest BCUT2D eigenvalue weighted by molar-refractivity contribution is 5.21. The van der Waals surface area contributed by atoms with Gasteiger partial charge in [0.05, 0.1) is 6.61 Å².